The predicted molar refractivity (Wildman–Crippen MR) is 179 cm³/mol. The summed E-state index contributed by atoms with van der Waals surface area (Å²) in [5, 5.41) is 21.7. The number of aliphatic hydroxyl groups excluding tert-OH is 2. The highest BCUT2D eigenvalue weighted by molar-refractivity contribution is 5.97. The molecule has 0 fully saturated rings. The molecule has 2 aliphatic heterocycles. The van der Waals surface area contributed by atoms with Gasteiger partial charge in [0.15, 0.2) is 0 Å². The van der Waals surface area contributed by atoms with E-state index in [1.165, 1.54) is 14.2 Å². The third kappa shape index (κ3) is 6.15. The highest BCUT2D eigenvalue weighted by Crippen LogP contribution is 2.37. The van der Waals surface area contributed by atoms with Crippen LogP contribution in [0.15, 0.2) is 24.3 Å². The molecule has 5 heterocycles. The second kappa shape index (κ2) is 13.1. The fourth-order valence-electron chi connectivity index (χ4n) is 6.51. The largest absolute Gasteiger partial charge is 0.469 e. The maximum Gasteiger partial charge on any atom is 0.305 e. The zero-order valence-electron chi connectivity index (χ0n) is 27.7. The molecule has 4 N–H and O–H groups in total. The molecule has 2 atom stereocenters. The standard InChI is InChI=1S/C36H42N4O6/c1-17-23(9-11-33(43)45-7)29-16-30-24(10-12-34(44)46-8)18(2)26(38-30)14-31-36(22(6)42)20(4)28(40-31)15-32-35(21(5)41)19(3)27(39-32)13-25(17)37-29/h13-16,21-22,37-38,41-42H,9-12H2,1-8H3/t21-,22-/m0/s1. The summed E-state index contributed by atoms with van der Waals surface area (Å²) < 4.78 is 9.88. The number of hydrogen-bond donors (Lipinski definition) is 4. The number of esters is 2. The number of carbonyl (C=O) groups is 2. The average Bonchev–Trinajstić information content (AvgIpc) is 3.67. The molecule has 0 saturated carbocycles. The van der Waals surface area contributed by atoms with Gasteiger partial charge in [-0.2, -0.15) is 0 Å². The van der Waals surface area contributed by atoms with E-state index in [0.29, 0.717) is 46.8 Å². The maximum absolute atomic E-state index is 12.2. The third-order valence-corrected chi connectivity index (χ3v) is 9.09. The third-order valence-electron chi connectivity index (χ3n) is 9.09. The van der Waals surface area contributed by atoms with E-state index in [4.69, 9.17) is 19.4 Å². The van der Waals surface area contributed by atoms with Crippen LogP contribution in [0.1, 0.15) is 85.6 Å². The van der Waals surface area contributed by atoms with Crippen LogP contribution >= 0.6 is 0 Å². The minimum Gasteiger partial charge on any atom is -0.469 e. The van der Waals surface area contributed by atoms with Gasteiger partial charge in [-0.3, -0.25) is 9.59 Å². The van der Waals surface area contributed by atoms with Crippen molar-refractivity contribution in [2.45, 2.75) is 79.4 Å². The number of aryl methyl sites for hydroxylation is 4. The number of nitrogens with one attached hydrogen (secondary N) is 2. The van der Waals surface area contributed by atoms with Gasteiger partial charge in [0.2, 0.25) is 0 Å². The van der Waals surface area contributed by atoms with Crippen LogP contribution in [0.4, 0.5) is 0 Å². The predicted octanol–water partition coefficient (Wildman–Crippen LogP) is 5.77. The molecule has 0 aliphatic carbocycles. The Hall–Kier alpha value is -4.54. The number of fused-ring (bicyclic) bond motifs is 8. The number of aliphatic hydroxyl groups is 2. The van der Waals surface area contributed by atoms with Crippen molar-refractivity contribution in [1.29, 1.82) is 0 Å². The second-order valence-electron chi connectivity index (χ2n) is 12.0. The van der Waals surface area contributed by atoms with Gasteiger partial charge in [-0.05, 0) is 112 Å². The second-order valence-corrected chi connectivity index (χ2v) is 12.0. The summed E-state index contributed by atoms with van der Waals surface area (Å²) in [5.74, 6) is -0.609. The normalized spacial score (nSPS) is 14.5. The number of nitrogens with zero attached hydrogens (tertiary/aromatic N) is 2. The van der Waals surface area contributed by atoms with E-state index in [1.807, 2.05) is 52.0 Å². The number of aromatic nitrogens is 4. The fourth-order valence-corrected chi connectivity index (χ4v) is 6.51. The molecule has 46 heavy (non-hydrogen) atoms. The molecule has 0 spiro atoms. The number of ether oxygens (including phenoxy) is 2. The summed E-state index contributed by atoms with van der Waals surface area (Å²) in [6, 6.07) is 7.77. The van der Waals surface area contributed by atoms with Crippen LogP contribution in [0.2, 0.25) is 0 Å². The monoisotopic (exact) mass is 626 g/mol. The molecule has 8 bridgehead atoms. The molecule has 3 aromatic heterocycles. The lowest BCUT2D eigenvalue weighted by molar-refractivity contribution is -0.141. The first-order chi connectivity index (χ1) is 21.8. The molecule has 10 nitrogen and oxygen atoms in total. The van der Waals surface area contributed by atoms with Crippen molar-refractivity contribution in [3.8, 4) is 0 Å². The van der Waals surface area contributed by atoms with E-state index >= 15 is 0 Å². The van der Waals surface area contributed by atoms with Gasteiger partial charge in [0, 0.05) is 46.1 Å². The molecular formula is C36H42N4O6. The molecule has 0 radical (unpaired) electrons. The topological polar surface area (TPSA) is 150 Å². The highest BCUT2D eigenvalue weighted by atomic mass is 16.5. The molecule has 5 rings (SSSR count). The Morgan fingerprint density at radius 3 is 1.46 bits per heavy atom. The van der Waals surface area contributed by atoms with Crippen molar-refractivity contribution in [2.24, 2.45) is 0 Å². The van der Waals surface area contributed by atoms with Crippen LogP contribution in [-0.2, 0) is 31.9 Å². The molecule has 0 aromatic carbocycles. The molecule has 242 valence electrons. The highest BCUT2D eigenvalue weighted by Gasteiger charge is 2.25. The molecule has 10 heteroatoms. The molecule has 0 amide bonds. The molecule has 2 aliphatic rings. The quantitative estimate of drug-likeness (QED) is 0.230. The van der Waals surface area contributed by atoms with Gasteiger partial charge in [0.05, 0.1) is 49.2 Å². The van der Waals surface area contributed by atoms with Gasteiger partial charge in [-0.25, -0.2) is 9.97 Å². The average molecular weight is 627 g/mol. The van der Waals surface area contributed by atoms with Crippen molar-refractivity contribution in [2.75, 3.05) is 14.2 Å². The van der Waals surface area contributed by atoms with Gasteiger partial charge in [-0.15, -0.1) is 0 Å². The Kier molecular flexibility index (Phi) is 9.32. The summed E-state index contributed by atoms with van der Waals surface area (Å²) in [4.78, 5) is 41.4. The number of allylic oxidation sites excluding steroid dienone is 2. The van der Waals surface area contributed by atoms with E-state index in [9.17, 15) is 19.8 Å². The zero-order valence-corrected chi connectivity index (χ0v) is 27.7. The van der Waals surface area contributed by atoms with Crippen LogP contribution in [0, 0.1) is 13.8 Å². The number of aromatic amines is 2. The van der Waals surface area contributed by atoms with Crippen molar-refractivity contribution in [1.82, 2.24) is 19.9 Å². The first kappa shape index (κ1) is 32.8. The number of H-pyrrole nitrogens is 2. The Morgan fingerprint density at radius 2 is 1.04 bits per heavy atom. The van der Waals surface area contributed by atoms with Crippen molar-refractivity contribution >= 4 is 56.3 Å². The number of methoxy groups -OCH3 is 2. The minimum atomic E-state index is -0.782. The van der Waals surface area contributed by atoms with Crippen LogP contribution < -0.4 is 0 Å². The Balaban J connectivity index is 1.93. The summed E-state index contributed by atoms with van der Waals surface area (Å²) >= 11 is 0. The van der Waals surface area contributed by atoms with Gasteiger partial charge in [0.1, 0.15) is 0 Å². The molecule has 0 unspecified atom stereocenters. The van der Waals surface area contributed by atoms with Crippen LogP contribution in [0.25, 0.3) is 44.4 Å². The molecular weight excluding hydrogens is 584 g/mol. The Morgan fingerprint density at radius 1 is 0.652 bits per heavy atom. The first-order valence-electron chi connectivity index (χ1n) is 15.5. The van der Waals surface area contributed by atoms with Crippen molar-refractivity contribution < 1.29 is 29.3 Å². The molecule has 0 saturated heterocycles. The Bertz CT molecular complexity index is 1960. The number of carbonyl (C=O) groups excluding carboxylic acids is 2. The molecule has 3 aromatic rings. The summed E-state index contributed by atoms with van der Waals surface area (Å²) in [6.45, 7) is 11.3. The number of rotatable bonds is 8. The van der Waals surface area contributed by atoms with Crippen LogP contribution in [-0.4, -0.2) is 68.5 Å². The summed E-state index contributed by atoms with van der Waals surface area (Å²) in [6.07, 6.45) is -0.245. The van der Waals surface area contributed by atoms with Gasteiger partial charge in [0.25, 0.3) is 0 Å². The lowest BCUT2D eigenvalue weighted by Crippen LogP contribution is -2.03. The smallest absolute Gasteiger partial charge is 0.305 e. The SMILES string of the molecule is COC(=O)CCc1c(C)c2cc3nc(cc4nc(cc5[nH]c(cc1[nH]2)c(CCC(=O)OC)c5C)C([C@H](C)O)=C4C)C([C@H](C)O)=C3C. The van der Waals surface area contributed by atoms with Crippen LogP contribution in [0.5, 0.6) is 0 Å². The van der Waals surface area contributed by atoms with Crippen molar-refractivity contribution in [3.63, 3.8) is 0 Å². The van der Waals surface area contributed by atoms with Crippen molar-refractivity contribution in [3.05, 3.63) is 69.3 Å². The van der Waals surface area contributed by atoms with E-state index in [0.717, 1.165) is 55.5 Å². The van der Waals surface area contributed by atoms with E-state index in [-0.39, 0.29) is 24.8 Å². The minimum absolute atomic E-state index is 0.203. The Labute approximate surface area is 268 Å². The van der Waals surface area contributed by atoms with E-state index < -0.39 is 12.2 Å². The number of hydrogen-bond acceptors (Lipinski definition) is 8. The van der Waals surface area contributed by atoms with E-state index in [2.05, 4.69) is 9.97 Å². The van der Waals surface area contributed by atoms with E-state index in [1.54, 1.807) is 13.8 Å². The fraction of sp³-hybridized carbons (Fsp3) is 0.389. The van der Waals surface area contributed by atoms with Gasteiger partial charge < -0.3 is 29.7 Å². The maximum atomic E-state index is 12.2. The lowest BCUT2D eigenvalue weighted by Gasteiger charge is -2.08. The van der Waals surface area contributed by atoms with Crippen LogP contribution in [0.3, 0.4) is 0 Å². The van der Waals surface area contributed by atoms with Gasteiger partial charge >= 0.3 is 11.9 Å². The lowest BCUT2D eigenvalue weighted by atomic mass is 9.99. The zero-order chi connectivity index (χ0) is 33.4. The first-order valence-corrected chi connectivity index (χ1v) is 15.5. The van der Waals surface area contributed by atoms with Gasteiger partial charge in [-0.1, -0.05) is 0 Å². The summed E-state index contributed by atoms with van der Waals surface area (Å²) in [5.41, 5.74) is 12.7. The summed E-state index contributed by atoms with van der Waals surface area (Å²) in [7, 11) is 2.76.